The van der Waals surface area contributed by atoms with Gasteiger partial charge in [-0.1, -0.05) is 12.1 Å². The summed E-state index contributed by atoms with van der Waals surface area (Å²) in [4.78, 5) is 15.7. The Morgan fingerprint density at radius 2 is 2.11 bits per heavy atom. The van der Waals surface area contributed by atoms with Gasteiger partial charge in [-0.2, -0.15) is 0 Å². The number of anilines is 1. The molecule has 0 fully saturated rings. The SMILES string of the molecule is Cc1csc(NC(=O)NCCc2ccc(O)cc2)n1. The fraction of sp³-hybridized carbons (Fsp3) is 0.231. The van der Waals surface area contributed by atoms with Gasteiger partial charge in [0.1, 0.15) is 5.75 Å². The number of carbonyl (C=O) groups excluding carboxylic acids is 1. The molecule has 0 aliphatic heterocycles. The molecule has 0 aliphatic rings. The number of phenolic OH excluding ortho intramolecular Hbond substituents is 1. The third kappa shape index (κ3) is 4.26. The number of aromatic hydroxyl groups is 1. The van der Waals surface area contributed by atoms with E-state index in [1.54, 1.807) is 12.1 Å². The Bertz CT molecular complexity index is 551. The van der Waals surface area contributed by atoms with E-state index in [1.807, 2.05) is 24.4 Å². The first kappa shape index (κ1) is 13.4. The summed E-state index contributed by atoms with van der Waals surface area (Å²) in [5.41, 5.74) is 1.95. The van der Waals surface area contributed by atoms with Crippen molar-refractivity contribution in [2.45, 2.75) is 13.3 Å². The van der Waals surface area contributed by atoms with Crippen molar-refractivity contribution in [3.05, 3.63) is 40.9 Å². The normalized spacial score (nSPS) is 10.2. The van der Waals surface area contributed by atoms with Crippen molar-refractivity contribution in [1.29, 1.82) is 0 Å². The van der Waals surface area contributed by atoms with Crippen LogP contribution in [0.25, 0.3) is 0 Å². The lowest BCUT2D eigenvalue weighted by molar-refractivity contribution is 0.252. The largest absolute Gasteiger partial charge is 0.508 e. The summed E-state index contributed by atoms with van der Waals surface area (Å²) < 4.78 is 0. The Morgan fingerprint density at radius 3 is 2.74 bits per heavy atom. The number of hydrogen-bond acceptors (Lipinski definition) is 4. The predicted octanol–water partition coefficient (Wildman–Crippen LogP) is 2.52. The molecule has 0 unspecified atom stereocenters. The van der Waals surface area contributed by atoms with Crippen molar-refractivity contribution in [3.63, 3.8) is 0 Å². The molecule has 3 N–H and O–H groups in total. The molecule has 2 aromatic rings. The van der Waals surface area contributed by atoms with Crippen LogP contribution in [0.2, 0.25) is 0 Å². The summed E-state index contributed by atoms with van der Waals surface area (Å²) in [6.45, 7) is 2.41. The van der Waals surface area contributed by atoms with Crippen molar-refractivity contribution >= 4 is 22.5 Å². The smallest absolute Gasteiger partial charge is 0.321 e. The molecule has 0 saturated heterocycles. The monoisotopic (exact) mass is 277 g/mol. The minimum atomic E-state index is -0.256. The maximum atomic E-state index is 11.6. The average Bonchev–Trinajstić information content (AvgIpc) is 2.77. The molecule has 2 rings (SSSR count). The Kier molecular flexibility index (Phi) is 4.35. The van der Waals surface area contributed by atoms with E-state index in [1.165, 1.54) is 11.3 Å². The van der Waals surface area contributed by atoms with Crippen LogP contribution in [0.5, 0.6) is 5.75 Å². The first-order chi connectivity index (χ1) is 9.13. The fourth-order valence-corrected chi connectivity index (χ4v) is 2.22. The van der Waals surface area contributed by atoms with Crippen LogP contribution in [0.1, 0.15) is 11.3 Å². The van der Waals surface area contributed by atoms with Gasteiger partial charge in [0, 0.05) is 11.9 Å². The number of carbonyl (C=O) groups is 1. The Morgan fingerprint density at radius 1 is 1.37 bits per heavy atom. The molecule has 1 aromatic carbocycles. The van der Waals surface area contributed by atoms with E-state index < -0.39 is 0 Å². The summed E-state index contributed by atoms with van der Waals surface area (Å²) in [6, 6.07) is 6.67. The molecule has 19 heavy (non-hydrogen) atoms. The van der Waals surface area contributed by atoms with E-state index >= 15 is 0 Å². The van der Waals surface area contributed by atoms with Gasteiger partial charge >= 0.3 is 6.03 Å². The summed E-state index contributed by atoms with van der Waals surface area (Å²) in [6.07, 6.45) is 0.713. The molecule has 0 spiro atoms. The van der Waals surface area contributed by atoms with E-state index in [2.05, 4.69) is 15.6 Å². The predicted molar refractivity (Wildman–Crippen MR) is 75.7 cm³/mol. The van der Waals surface area contributed by atoms with Crippen molar-refractivity contribution in [2.75, 3.05) is 11.9 Å². The number of nitrogens with one attached hydrogen (secondary N) is 2. The zero-order valence-electron chi connectivity index (χ0n) is 10.5. The zero-order chi connectivity index (χ0) is 13.7. The number of benzene rings is 1. The van der Waals surface area contributed by atoms with E-state index in [0.29, 0.717) is 18.1 Å². The summed E-state index contributed by atoms with van der Waals surface area (Å²) >= 11 is 1.40. The lowest BCUT2D eigenvalue weighted by Gasteiger charge is -2.05. The van der Waals surface area contributed by atoms with Crippen molar-refractivity contribution in [2.24, 2.45) is 0 Å². The number of aryl methyl sites for hydroxylation is 1. The molecule has 2 amide bonds. The quantitative estimate of drug-likeness (QED) is 0.804. The number of urea groups is 1. The fourth-order valence-electron chi connectivity index (χ4n) is 1.54. The molecule has 0 radical (unpaired) electrons. The molecule has 0 bridgehead atoms. The maximum Gasteiger partial charge on any atom is 0.321 e. The van der Waals surface area contributed by atoms with E-state index in [9.17, 15) is 4.79 Å². The first-order valence-corrected chi connectivity index (χ1v) is 6.76. The molecule has 1 aromatic heterocycles. The summed E-state index contributed by atoms with van der Waals surface area (Å²) in [5.74, 6) is 0.244. The zero-order valence-corrected chi connectivity index (χ0v) is 11.3. The lowest BCUT2D eigenvalue weighted by atomic mass is 10.1. The molecule has 0 saturated carbocycles. The molecular formula is C13H15N3O2S. The standard InChI is InChI=1S/C13H15N3O2S/c1-9-8-19-13(15-9)16-12(18)14-7-6-10-2-4-11(17)5-3-10/h2-5,8,17H,6-7H2,1H3,(H2,14,15,16,18). The van der Waals surface area contributed by atoms with E-state index in [4.69, 9.17) is 5.11 Å². The van der Waals surface area contributed by atoms with Crippen molar-refractivity contribution in [3.8, 4) is 5.75 Å². The van der Waals surface area contributed by atoms with Crippen LogP contribution >= 0.6 is 11.3 Å². The minimum absolute atomic E-state index is 0.244. The van der Waals surface area contributed by atoms with E-state index in [-0.39, 0.29) is 11.8 Å². The highest BCUT2D eigenvalue weighted by molar-refractivity contribution is 7.13. The molecule has 100 valence electrons. The van der Waals surface area contributed by atoms with Crippen LogP contribution in [-0.4, -0.2) is 22.7 Å². The third-order valence-electron chi connectivity index (χ3n) is 2.48. The number of nitrogens with zero attached hydrogens (tertiary/aromatic N) is 1. The lowest BCUT2D eigenvalue weighted by Crippen LogP contribution is -2.30. The van der Waals surface area contributed by atoms with E-state index in [0.717, 1.165) is 11.3 Å². The highest BCUT2D eigenvalue weighted by atomic mass is 32.1. The minimum Gasteiger partial charge on any atom is -0.508 e. The van der Waals surface area contributed by atoms with Gasteiger partial charge in [0.2, 0.25) is 0 Å². The Balaban J connectivity index is 1.73. The van der Waals surface area contributed by atoms with Crippen molar-refractivity contribution < 1.29 is 9.90 Å². The molecule has 6 heteroatoms. The van der Waals surface area contributed by atoms with Gasteiger partial charge in [0.15, 0.2) is 5.13 Å². The number of rotatable bonds is 4. The van der Waals surface area contributed by atoms with Gasteiger partial charge in [-0.15, -0.1) is 11.3 Å². The number of phenols is 1. The summed E-state index contributed by atoms with van der Waals surface area (Å²) in [7, 11) is 0. The Hall–Kier alpha value is -2.08. The summed E-state index contributed by atoms with van der Waals surface area (Å²) in [5, 5.41) is 17.1. The van der Waals surface area contributed by atoms with Crippen LogP contribution in [-0.2, 0) is 6.42 Å². The highest BCUT2D eigenvalue weighted by Crippen LogP contribution is 2.14. The number of thiazole rings is 1. The highest BCUT2D eigenvalue weighted by Gasteiger charge is 2.04. The van der Waals surface area contributed by atoms with Gasteiger partial charge in [-0.3, -0.25) is 5.32 Å². The first-order valence-electron chi connectivity index (χ1n) is 5.88. The second kappa shape index (κ2) is 6.19. The third-order valence-corrected chi connectivity index (χ3v) is 3.35. The van der Waals surface area contributed by atoms with Gasteiger partial charge in [-0.25, -0.2) is 9.78 Å². The van der Waals surface area contributed by atoms with Crippen LogP contribution < -0.4 is 10.6 Å². The molecule has 0 aliphatic carbocycles. The number of hydrogen-bond donors (Lipinski definition) is 3. The van der Waals surface area contributed by atoms with Gasteiger partial charge in [0.05, 0.1) is 5.69 Å². The number of amides is 2. The van der Waals surface area contributed by atoms with Crippen LogP contribution in [0.3, 0.4) is 0 Å². The van der Waals surface area contributed by atoms with Gasteiger partial charge in [-0.05, 0) is 31.0 Å². The average molecular weight is 277 g/mol. The molecule has 5 nitrogen and oxygen atoms in total. The van der Waals surface area contributed by atoms with Crippen LogP contribution in [0, 0.1) is 6.92 Å². The van der Waals surface area contributed by atoms with Gasteiger partial charge < -0.3 is 10.4 Å². The topological polar surface area (TPSA) is 74.2 Å². The van der Waals surface area contributed by atoms with Gasteiger partial charge in [0.25, 0.3) is 0 Å². The molecular weight excluding hydrogens is 262 g/mol. The molecule has 1 heterocycles. The van der Waals surface area contributed by atoms with Crippen molar-refractivity contribution in [1.82, 2.24) is 10.3 Å². The maximum absolute atomic E-state index is 11.6. The van der Waals surface area contributed by atoms with Crippen LogP contribution in [0.4, 0.5) is 9.93 Å². The second-order valence-corrected chi connectivity index (χ2v) is 4.95. The van der Waals surface area contributed by atoms with Crippen LogP contribution in [0.15, 0.2) is 29.6 Å². The number of aromatic nitrogens is 1. The Labute approximate surface area is 115 Å². The molecule has 0 atom stereocenters. The second-order valence-electron chi connectivity index (χ2n) is 4.09.